The van der Waals surface area contributed by atoms with E-state index >= 15 is 0 Å². The molecule has 0 bridgehead atoms. The molecular formula is C20H22ClFN2O. The van der Waals surface area contributed by atoms with Crippen molar-refractivity contribution in [2.24, 2.45) is 0 Å². The highest BCUT2D eigenvalue weighted by molar-refractivity contribution is 6.33. The molecule has 132 valence electrons. The Balaban J connectivity index is 1.65. The normalized spacial score (nSPS) is 15.3. The smallest absolute Gasteiger partial charge is 0.321 e. The molecule has 1 aliphatic heterocycles. The molecule has 2 aromatic rings. The molecule has 0 radical (unpaired) electrons. The molecule has 3 rings (SSSR count). The Kier molecular flexibility index (Phi) is 5.28. The molecule has 0 spiro atoms. The van der Waals surface area contributed by atoms with Gasteiger partial charge in [-0.2, -0.15) is 0 Å². The second-order valence-electron chi connectivity index (χ2n) is 6.58. The SMILES string of the molecule is Cc1ccccc1C1CCN(C(=O)Nc2c(Cl)ccc(F)c2C)CC1. The summed E-state index contributed by atoms with van der Waals surface area (Å²) in [4.78, 5) is 14.3. The summed E-state index contributed by atoms with van der Waals surface area (Å²) in [6, 6.07) is 11.0. The highest BCUT2D eigenvalue weighted by Gasteiger charge is 2.25. The number of amides is 2. The Morgan fingerprint density at radius 1 is 1.16 bits per heavy atom. The molecule has 0 saturated carbocycles. The summed E-state index contributed by atoms with van der Waals surface area (Å²) in [5.74, 6) is 0.0997. The van der Waals surface area contributed by atoms with Gasteiger partial charge in [0.15, 0.2) is 0 Å². The van der Waals surface area contributed by atoms with Crippen molar-refractivity contribution in [3.05, 3.63) is 63.9 Å². The van der Waals surface area contributed by atoms with E-state index in [-0.39, 0.29) is 11.8 Å². The van der Waals surface area contributed by atoms with Crippen LogP contribution in [-0.4, -0.2) is 24.0 Å². The van der Waals surface area contributed by atoms with Crippen LogP contribution in [0.25, 0.3) is 0 Å². The van der Waals surface area contributed by atoms with Crippen LogP contribution in [0, 0.1) is 19.7 Å². The quantitative estimate of drug-likeness (QED) is 0.752. The van der Waals surface area contributed by atoms with Crippen molar-refractivity contribution >= 4 is 23.3 Å². The summed E-state index contributed by atoms with van der Waals surface area (Å²) in [5.41, 5.74) is 3.38. The minimum Gasteiger partial charge on any atom is -0.324 e. The van der Waals surface area contributed by atoms with Gasteiger partial charge in [0.05, 0.1) is 10.7 Å². The molecule has 5 heteroatoms. The predicted octanol–water partition coefficient (Wildman–Crippen LogP) is 5.51. The first-order chi connectivity index (χ1) is 12.0. The van der Waals surface area contributed by atoms with Crippen LogP contribution in [0.5, 0.6) is 0 Å². The average molecular weight is 361 g/mol. The van der Waals surface area contributed by atoms with E-state index in [1.54, 1.807) is 11.8 Å². The van der Waals surface area contributed by atoms with E-state index in [1.165, 1.54) is 23.3 Å². The zero-order chi connectivity index (χ0) is 18.0. The topological polar surface area (TPSA) is 32.3 Å². The molecular weight excluding hydrogens is 339 g/mol. The number of rotatable bonds is 2. The van der Waals surface area contributed by atoms with Crippen molar-refractivity contribution in [2.45, 2.75) is 32.6 Å². The fourth-order valence-corrected chi connectivity index (χ4v) is 3.68. The monoisotopic (exact) mass is 360 g/mol. The van der Waals surface area contributed by atoms with Crippen molar-refractivity contribution in [3.8, 4) is 0 Å². The van der Waals surface area contributed by atoms with Crippen LogP contribution in [0.2, 0.25) is 5.02 Å². The number of nitrogens with one attached hydrogen (secondary N) is 1. The van der Waals surface area contributed by atoms with Gasteiger partial charge in [-0.15, -0.1) is 0 Å². The van der Waals surface area contributed by atoms with Crippen LogP contribution in [-0.2, 0) is 0 Å². The first-order valence-electron chi connectivity index (χ1n) is 8.53. The summed E-state index contributed by atoms with van der Waals surface area (Å²) in [6.07, 6.45) is 1.85. The lowest BCUT2D eigenvalue weighted by Crippen LogP contribution is -2.40. The molecule has 1 aliphatic rings. The number of carbonyl (C=O) groups excluding carboxylic acids is 1. The molecule has 0 atom stereocenters. The number of carbonyl (C=O) groups is 1. The standard InChI is InChI=1S/C20H22ClFN2O/c1-13-5-3-4-6-16(13)15-9-11-24(12-10-15)20(25)23-19-14(2)18(22)8-7-17(19)21/h3-8,15H,9-12H2,1-2H3,(H,23,25). The number of anilines is 1. The van der Waals surface area contributed by atoms with Crippen molar-refractivity contribution in [3.63, 3.8) is 0 Å². The molecule has 2 amide bonds. The van der Waals surface area contributed by atoms with E-state index < -0.39 is 0 Å². The number of aryl methyl sites for hydroxylation is 1. The van der Waals surface area contributed by atoms with Crippen LogP contribution in [0.1, 0.15) is 35.4 Å². The molecule has 1 heterocycles. The van der Waals surface area contributed by atoms with Crippen molar-refractivity contribution < 1.29 is 9.18 Å². The molecule has 0 aromatic heterocycles. The lowest BCUT2D eigenvalue weighted by atomic mass is 9.87. The average Bonchev–Trinajstić information content (AvgIpc) is 2.62. The van der Waals surface area contributed by atoms with E-state index in [0.29, 0.717) is 35.3 Å². The number of hydrogen-bond acceptors (Lipinski definition) is 1. The second kappa shape index (κ2) is 7.44. The minimum absolute atomic E-state index is 0.223. The van der Waals surface area contributed by atoms with Gasteiger partial charge in [0.25, 0.3) is 0 Å². The molecule has 1 saturated heterocycles. The van der Waals surface area contributed by atoms with Gasteiger partial charge in [-0.1, -0.05) is 35.9 Å². The van der Waals surface area contributed by atoms with Gasteiger partial charge < -0.3 is 10.2 Å². The highest BCUT2D eigenvalue weighted by Crippen LogP contribution is 2.31. The van der Waals surface area contributed by atoms with E-state index in [4.69, 9.17) is 11.6 Å². The second-order valence-corrected chi connectivity index (χ2v) is 6.98. The van der Waals surface area contributed by atoms with Crippen LogP contribution in [0.4, 0.5) is 14.9 Å². The summed E-state index contributed by atoms with van der Waals surface area (Å²) in [5, 5.41) is 3.12. The predicted molar refractivity (Wildman–Crippen MR) is 99.9 cm³/mol. The molecule has 2 aromatic carbocycles. The maximum Gasteiger partial charge on any atom is 0.321 e. The Hall–Kier alpha value is -2.07. The van der Waals surface area contributed by atoms with Gasteiger partial charge in [-0.3, -0.25) is 0 Å². The first-order valence-corrected chi connectivity index (χ1v) is 8.91. The Bertz CT molecular complexity index is 785. The van der Waals surface area contributed by atoms with Crippen LogP contribution in [0.3, 0.4) is 0 Å². The summed E-state index contributed by atoms with van der Waals surface area (Å²) in [7, 11) is 0. The minimum atomic E-state index is -0.377. The Morgan fingerprint density at radius 2 is 1.84 bits per heavy atom. The van der Waals surface area contributed by atoms with Crippen LogP contribution in [0.15, 0.2) is 36.4 Å². The van der Waals surface area contributed by atoms with Crippen molar-refractivity contribution in [1.82, 2.24) is 4.90 Å². The molecule has 25 heavy (non-hydrogen) atoms. The number of halogens is 2. The van der Waals surface area contributed by atoms with E-state index in [1.807, 2.05) is 6.07 Å². The fraction of sp³-hybridized carbons (Fsp3) is 0.350. The number of likely N-dealkylation sites (tertiary alicyclic amines) is 1. The molecule has 1 fully saturated rings. The number of piperidine rings is 1. The van der Waals surface area contributed by atoms with E-state index in [9.17, 15) is 9.18 Å². The number of benzene rings is 2. The van der Waals surface area contributed by atoms with Gasteiger partial charge in [0, 0.05) is 18.7 Å². The summed E-state index contributed by atoms with van der Waals surface area (Å²) in [6.45, 7) is 5.10. The van der Waals surface area contributed by atoms with Crippen molar-refractivity contribution in [2.75, 3.05) is 18.4 Å². The lowest BCUT2D eigenvalue weighted by molar-refractivity contribution is 0.194. The lowest BCUT2D eigenvalue weighted by Gasteiger charge is -2.33. The van der Waals surface area contributed by atoms with Crippen molar-refractivity contribution in [1.29, 1.82) is 0 Å². The third-order valence-electron chi connectivity index (χ3n) is 4.99. The zero-order valence-electron chi connectivity index (χ0n) is 14.5. The molecule has 1 N–H and O–H groups in total. The third kappa shape index (κ3) is 3.79. The maximum absolute atomic E-state index is 13.7. The van der Waals surface area contributed by atoms with Gasteiger partial charge in [-0.05, 0) is 55.9 Å². The van der Waals surface area contributed by atoms with E-state index in [0.717, 1.165) is 12.8 Å². The Morgan fingerprint density at radius 3 is 2.52 bits per heavy atom. The van der Waals surface area contributed by atoms with Gasteiger partial charge >= 0.3 is 6.03 Å². The van der Waals surface area contributed by atoms with Crippen LogP contribution >= 0.6 is 11.6 Å². The van der Waals surface area contributed by atoms with Crippen LogP contribution < -0.4 is 5.32 Å². The summed E-state index contributed by atoms with van der Waals surface area (Å²) < 4.78 is 13.7. The summed E-state index contributed by atoms with van der Waals surface area (Å²) >= 11 is 6.11. The fourth-order valence-electron chi connectivity index (χ4n) is 3.43. The number of urea groups is 1. The maximum atomic E-state index is 13.7. The number of hydrogen-bond donors (Lipinski definition) is 1. The first kappa shape index (κ1) is 17.7. The molecule has 0 unspecified atom stereocenters. The van der Waals surface area contributed by atoms with Gasteiger partial charge in [0.2, 0.25) is 0 Å². The highest BCUT2D eigenvalue weighted by atomic mass is 35.5. The number of nitrogens with zero attached hydrogens (tertiary/aromatic N) is 1. The molecule has 3 nitrogen and oxygen atoms in total. The Labute approximate surface area is 152 Å². The van der Waals surface area contributed by atoms with E-state index in [2.05, 4.69) is 30.4 Å². The van der Waals surface area contributed by atoms with Gasteiger partial charge in [-0.25, -0.2) is 9.18 Å². The largest absolute Gasteiger partial charge is 0.324 e. The third-order valence-corrected chi connectivity index (χ3v) is 5.31. The zero-order valence-corrected chi connectivity index (χ0v) is 15.2. The molecule has 0 aliphatic carbocycles. The van der Waals surface area contributed by atoms with Gasteiger partial charge in [0.1, 0.15) is 5.82 Å².